The highest BCUT2D eigenvalue weighted by Crippen LogP contribution is 1.98. The van der Waals surface area contributed by atoms with Gasteiger partial charge in [0.15, 0.2) is 0 Å². The van der Waals surface area contributed by atoms with Gasteiger partial charge in [-0.3, -0.25) is 9.74 Å². The van der Waals surface area contributed by atoms with Crippen LogP contribution < -0.4 is 5.32 Å². The molecule has 0 saturated carbocycles. The van der Waals surface area contributed by atoms with Crippen molar-refractivity contribution in [3.05, 3.63) is 0 Å². The Labute approximate surface area is 117 Å². The smallest absolute Gasteiger partial charge is 0.0812 e. The summed E-state index contributed by atoms with van der Waals surface area (Å²) in [4.78, 5) is 10.5. The van der Waals surface area contributed by atoms with E-state index in [1.165, 1.54) is 0 Å². The fourth-order valence-electron chi connectivity index (χ4n) is 1.93. The van der Waals surface area contributed by atoms with Crippen LogP contribution in [0.5, 0.6) is 0 Å². The van der Waals surface area contributed by atoms with Gasteiger partial charge in [-0.1, -0.05) is 0 Å². The van der Waals surface area contributed by atoms with Crippen LogP contribution in [0, 0.1) is 0 Å². The van der Waals surface area contributed by atoms with Gasteiger partial charge in [0, 0.05) is 52.9 Å². The molecule has 0 amide bonds. The van der Waals surface area contributed by atoms with Crippen molar-refractivity contribution in [2.75, 3.05) is 86.8 Å². The minimum absolute atomic E-state index is 0.715. The molecule has 1 rings (SSSR count). The van der Waals surface area contributed by atoms with Crippen LogP contribution in [0.3, 0.4) is 0 Å². The molecule has 1 saturated heterocycles. The van der Waals surface area contributed by atoms with E-state index in [1.54, 1.807) is 0 Å². The standard InChI is InChI=1S/C13H30N4O2/c1-14-4-11-18-12-9-16(3)19-13-10-17-7-5-15(2)6-8-17/h14H,4-13H2,1-3H3. The van der Waals surface area contributed by atoms with Crippen LogP contribution in [0.15, 0.2) is 0 Å². The number of piperazine rings is 1. The monoisotopic (exact) mass is 274 g/mol. The zero-order chi connectivity index (χ0) is 13.9. The van der Waals surface area contributed by atoms with Crippen molar-refractivity contribution in [2.24, 2.45) is 0 Å². The van der Waals surface area contributed by atoms with Crippen LogP contribution in [-0.4, -0.2) is 102 Å². The van der Waals surface area contributed by atoms with Gasteiger partial charge < -0.3 is 15.0 Å². The third kappa shape index (κ3) is 8.52. The van der Waals surface area contributed by atoms with Gasteiger partial charge in [-0.25, -0.2) is 0 Å². The highest BCUT2D eigenvalue weighted by molar-refractivity contribution is 4.68. The van der Waals surface area contributed by atoms with E-state index in [4.69, 9.17) is 9.57 Å². The predicted octanol–water partition coefficient (Wildman–Crippen LogP) is -0.667. The van der Waals surface area contributed by atoms with Crippen LogP contribution >= 0.6 is 0 Å². The molecule has 1 aliphatic rings. The lowest BCUT2D eigenvalue weighted by atomic mass is 10.3. The molecular formula is C13H30N4O2. The van der Waals surface area contributed by atoms with E-state index in [9.17, 15) is 0 Å². The summed E-state index contributed by atoms with van der Waals surface area (Å²) in [5.74, 6) is 0. The van der Waals surface area contributed by atoms with Gasteiger partial charge in [0.2, 0.25) is 0 Å². The molecular weight excluding hydrogens is 244 g/mol. The summed E-state index contributed by atoms with van der Waals surface area (Å²) >= 11 is 0. The summed E-state index contributed by atoms with van der Waals surface area (Å²) in [6, 6.07) is 0. The largest absolute Gasteiger partial charge is 0.379 e. The molecule has 114 valence electrons. The molecule has 6 nitrogen and oxygen atoms in total. The van der Waals surface area contributed by atoms with Crippen molar-refractivity contribution in [1.29, 1.82) is 0 Å². The summed E-state index contributed by atoms with van der Waals surface area (Å²) in [6.07, 6.45) is 0. The van der Waals surface area contributed by atoms with Crippen LogP contribution in [0.1, 0.15) is 0 Å². The molecule has 0 bridgehead atoms. The number of nitrogens with one attached hydrogen (secondary N) is 1. The molecule has 0 aliphatic carbocycles. The van der Waals surface area contributed by atoms with Gasteiger partial charge in [-0.2, -0.15) is 5.06 Å². The number of nitrogens with zero attached hydrogens (tertiary/aromatic N) is 3. The van der Waals surface area contributed by atoms with E-state index < -0.39 is 0 Å². The average Bonchev–Trinajstić information content (AvgIpc) is 2.41. The molecule has 0 aromatic rings. The maximum Gasteiger partial charge on any atom is 0.0812 e. The fourth-order valence-corrected chi connectivity index (χ4v) is 1.93. The van der Waals surface area contributed by atoms with E-state index in [0.29, 0.717) is 6.61 Å². The second-order valence-electron chi connectivity index (χ2n) is 5.05. The topological polar surface area (TPSA) is 40.2 Å². The predicted molar refractivity (Wildman–Crippen MR) is 77.3 cm³/mol. The van der Waals surface area contributed by atoms with Crippen LogP contribution in [-0.2, 0) is 9.57 Å². The first-order valence-electron chi connectivity index (χ1n) is 7.19. The Morgan fingerprint density at radius 3 is 2.53 bits per heavy atom. The van der Waals surface area contributed by atoms with E-state index in [2.05, 4.69) is 22.2 Å². The summed E-state index contributed by atoms with van der Waals surface area (Å²) in [5.41, 5.74) is 0. The van der Waals surface area contributed by atoms with Crippen molar-refractivity contribution in [2.45, 2.75) is 0 Å². The van der Waals surface area contributed by atoms with Crippen molar-refractivity contribution >= 4 is 0 Å². The Morgan fingerprint density at radius 1 is 1.11 bits per heavy atom. The van der Waals surface area contributed by atoms with Crippen molar-refractivity contribution < 1.29 is 9.57 Å². The lowest BCUT2D eigenvalue weighted by Crippen LogP contribution is -2.45. The summed E-state index contributed by atoms with van der Waals surface area (Å²) in [7, 11) is 6.07. The number of likely N-dealkylation sites (N-methyl/N-ethyl adjacent to an activating group) is 3. The minimum Gasteiger partial charge on any atom is -0.379 e. The average molecular weight is 274 g/mol. The molecule has 0 spiro atoms. The number of rotatable bonds is 10. The first-order valence-corrected chi connectivity index (χ1v) is 7.19. The molecule has 0 aromatic carbocycles. The highest BCUT2D eigenvalue weighted by atomic mass is 16.7. The summed E-state index contributed by atoms with van der Waals surface area (Å²) < 4.78 is 5.45. The first kappa shape index (κ1) is 16.8. The van der Waals surface area contributed by atoms with E-state index in [-0.39, 0.29) is 0 Å². The van der Waals surface area contributed by atoms with Crippen LogP contribution in [0.2, 0.25) is 0 Å². The van der Waals surface area contributed by atoms with Crippen molar-refractivity contribution in [3.8, 4) is 0 Å². The Balaban J connectivity index is 1.90. The van der Waals surface area contributed by atoms with Crippen molar-refractivity contribution in [1.82, 2.24) is 20.2 Å². The molecule has 1 N–H and O–H groups in total. The van der Waals surface area contributed by atoms with E-state index in [1.807, 2.05) is 19.2 Å². The number of hydrogen-bond acceptors (Lipinski definition) is 6. The number of ether oxygens (including phenoxy) is 1. The third-order valence-electron chi connectivity index (χ3n) is 3.36. The molecule has 0 unspecified atom stereocenters. The SMILES string of the molecule is CNCCOCCN(C)OCCN1CCN(C)CC1. The molecule has 0 aromatic heterocycles. The molecule has 0 atom stereocenters. The van der Waals surface area contributed by atoms with E-state index in [0.717, 1.165) is 59.0 Å². The number of hydroxylamine groups is 2. The molecule has 6 heteroatoms. The lowest BCUT2D eigenvalue weighted by molar-refractivity contribution is -0.151. The van der Waals surface area contributed by atoms with Gasteiger partial charge in [0.05, 0.1) is 19.8 Å². The second kappa shape index (κ2) is 10.5. The lowest BCUT2D eigenvalue weighted by Gasteiger charge is -2.32. The molecule has 0 radical (unpaired) electrons. The van der Waals surface area contributed by atoms with Crippen LogP contribution in [0.4, 0.5) is 0 Å². The zero-order valence-electron chi connectivity index (χ0n) is 12.7. The normalized spacial score (nSPS) is 18.3. The Hall–Kier alpha value is -0.240. The maximum absolute atomic E-state index is 5.66. The van der Waals surface area contributed by atoms with Gasteiger partial charge in [-0.15, -0.1) is 0 Å². The Bertz CT molecular complexity index is 211. The Kier molecular flexibility index (Phi) is 9.32. The maximum atomic E-state index is 5.66. The zero-order valence-corrected chi connectivity index (χ0v) is 12.7. The molecule has 1 fully saturated rings. The van der Waals surface area contributed by atoms with Gasteiger partial charge >= 0.3 is 0 Å². The molecule has 1 aliphatic heterocycles. The van der Waals surface area contributed by atoms with Gasteiger partial charge in [0.25, 0.3) is 0 Å². The Morgan fingerprint density at radius 2 is 1.84 bits per heavy atom. The third-order valence-corrected chi connectivity index (χ3v) is 3.36. The summed E-state index contributed by atoms with van der Waals surface area (Å²) in [5, 5.41) is 4.92. The van der Waals surface area contributed by atoms with Crippen molar-refractivity contribution in [3.63, 3.8) is 0 Å². The molecule has 1 heterocycles. The van der Waals surface area contributed by atoms with Gasteiger partial charge in [-0.05, 0) is 14.1 Å². The summed E-state index contributed by atoms with van der Waals surface area (Å²) in [6.45, 7) is 9.58. The fraction of sp³-hybridized carbons (Fsp3) is 1.00. The minimum atomic E-state index is 0.715. The van der Waals surface area contributed by atoms with E-state index >= 15 is 0 Å². The highest BCUT2D eigenvalue weighted by Gasteiger charge is 2.13. The van der Waals surface area contributed by atoms with Crippen LogP contribution in [0.25, 0.3) is 0 Å². The quantitative estimate of drug-likeness (QED) is 0.421. The molecule has 19 heavy (non-hydrogen) atoms. The first-order chi connectivity index (χ1) is 9.22. The second-order valence-corrected chi connectivity index (χ2v) is 5.05. The number of hydrogen-bond donors (Lipinski definition) is 1. The van der Waals surface area contributed by atoms with Gasteiger partial charge in [0.1, 0.15) is 0 Å².